The zero-order chi connectivity index (χ0) is 12.9. The molecule has 0 atom stereocenters. The van der Waals surface area contributed by atoms with E-state index in [-0.39, 0.29) is 0 Å². The van der Waals surface area contributed by atoms with Crippen LogP contribution in [-0.4, -0.2) is 21.7 Å². The smallest absolute Gasteiger partial charge is 0.227 e. The molecule has 5 nitrogen and oxygen atoms in total. The predicted molar refractivity (Wildman–Crippen MR) is 71.5 cm³/mol. The number of benzene rings is 1. The molecule has 0 saturated heterocycles. The van der Waals surface area contributed by atoms with Crippen molar-refractivity contribution in [3.8, 4) is 0 Å². The van der Waals surface area contributed by atoms with Crippen molar-refractivity contribution in [2.24, 2.45) is 0 Å². The van der Waals surface area contributed by atoms with E-state index in [1.165, 1.54) is 22.7 Å². The Balaban J connectivity index is 1.62. The highest BCUT2D eigenvalue weighted by atomic mass is 16.5. The molecule has 1 N–H and O–H groups in total. The third kappa shape index (κ3) is 2.77. The summed E-state index contributed by atoms with van der Waals surface area (Å²) in [7, 11) is 0. The third-order valence-electron chi connectivity index (χ3n) is 3.01. The highest BCUT2D eigenvalue weighted by Gasteiger charge is 2.01. The number of pyridine rings is 1. The van der Waals surface area contributed by atoms with Gasteiger partial charge in [-0.2, -0.15) is 4.98 Å². The Morgan fingerprint density at radius 2 is 2.21 bits per heavy atom. The molecule has 2 heterocycles. The molecule has 96 valence electrons. The van der Waals surface area contributed by atoms with E-state index in [4.69, 9.17) is 4.52 Å². The fraction of sp³-hybridized carbons (Fsp3) is 0.214. The Bertz CT molecular complexity index is 646. The molecule has 1 aromatic carbocycles. The van der Waals surface area contributed by atoms with Gasteiger partial charge in [-0.05, 0) is 17.0 Å². The monoisotopic (exact) mass is 254 g/mol. The Hall–Kier alpha value is -2.27. The second-order valence-corrected chi connectivity index (χ2v) is 4.28. The average Bonchev–Trinajstić information content (AvgIpc) is 2.97. The minimum atomic E-state index is 0.662. The summed E-state index contributed by atoms with van der Waals surface area (Å²) >= 11 is 0. The van der Waals surface area contributed by atoms with E-state index in [0.29, 0.717) is 5.89 Å². The van der Waals surface area contributed by atoms with Crippen LogP contribution in [0.1, 0.15) is 11.5 Å². The second kappa shape index (κ2) is 5.58. The van der Waals surface area contributed by atoms with E-state index >= 15 is 0 Å². The first-order chi connectivity index (χ1) is 9.43. The minimum Gasteiger partial charge on any atom is -0.340 e. The number of fused-ring (bicyclic) bond motifs is 1. The summed E-state index contributed by atoms with van der Waals surface area (Å²) in [6.07, 6.45) is 5.88. The van der Waals surface area contributed by atoms with E-state index in [1.807, 2.05) is 18.5 Å². The Kier molecular flexibility index (Phi) is 3.47. The summed E-state index contributed by atoms with van der Waals surface area (Å²) in [5.41, 5.74) is 1.27. The van der Waals surface area contributed by atoms with Crippen molar-refractivity contribution in [2.75, 3.05) is 6.54 Å². The molecule has 0 bridgehead atoms. The van der Waals surface area contributed by atoms with Crippen molar-refractivity contribution < 1.29 is 4.52 Å². The average molecular weight is 254 g/mol. The van der Waals surface area contributed by atoms with Crippen molar-refractivity contribution in [2.45, 2.75) is 13.0 Å². The van der Waals surface area contributed by atoms with Gasteiger partial charge in [0.2, 0.25) is 5.89 Å². The van der Waals surface area contributed by atoms with Crippen LogP contribution in [0, 0.1) is 0 Å². The van der Waals surface area contributed by atoms with E-state index in [0.717, 1.165) is 19.5 Å². The zero-order valence-electron chi connectivity index (χ0n) is 10.4. The maximum atomic E-state index is 4.95. The lowest BCUT2D eigenvalue weighted by Crippen LogP contribution is -2.17. The van der Waals surface area contributed by atoms with E-state index in [9.17, 15) is 0 Å². The van der Waals surface area contributed by atoms with Crippen LogP contribution < -0.4 is 5.32 Å². The number of aromatic nitrogens is 3. The molecular weight excluding hydrogens is 240 g/mol. The molecule has 0 fully saturated rings. The number of nitrogens with zero attached hydrogens (tertiary/aromatic N) is 3. The number of rotatable bonds is 5. The molecule has 0 spiro atoms. The van der Waals surface area contributed by atoms with Crippen LogP contribution in [0.15, 0.2) is 47.5 Å². The topological polar surface area (TPSA) is 63.8 Å². The van der Waals surface area contributed by atoms with Crippen molar-refractivity contribution in [1.29, 1.82) is 0 Å². The molecule has 0 radical (unpaired) electrons. The summed E-state index contributed by atoms with van der Waals surface area (Å²) in [6, 6.07) is 8.30. The second-order valence-electron chi connectivity index (χ2n) is 4.28. The van der Waals surface area contributed by atoms with Crippen LogP contribution >= 0.6 is 0 Å². The summed E-state index contributed by atoms with van der Waals surface area (Å²) < 4.78 is 4.95. The Labute approximate surface area is 110 Å². The molecule has 19 heavy (non-hydrogen) atoms. The van der Waals surface area contributed by atoms with Crippen LogP contribution in [0.5, 0.6) is 0 Å². The molecule has 0 aliphatic carbocycles. The summed E-state index contributed by atoms with van der Waals surface area (Å²) in [5, 5.41) is 9.37. The molecule has 0 aliphatic rings. The summed E-state index contributed by atoms with van der Waals surface area (Å²) in [4.78, 5) is 8.12. The quantitative estimate of drug-likeness (QED) is 0.705. The summed E-state index contributed by atoms with van der Waals surface area (Å²) in [6.45, 7) is 1.62. The maximum Gasteiger partial charge on any atom is 0.227 e. The fourth-order valence-electron chi connectivity index (χ4n) is 2.07. The van der Waals surface area contributed by atoms with Crippen molar-refractivity contribution >= 4 is 10.8 Å². The molecular formula is C14H14N4O. The minimum absolute atomic E-state index is 0.662. The van der Waals surface area contributed by atoms with Gasteiger partial charge < -0.3 is 9.84 Å². The van der Waals surface area contributed by atoms with Crippen molar-refractivity contribution in [3.05, 3.63) is 54.4 Å². The lowest BCUT2D eigenvalue weighted by molar-refractivity contribution is 0.375. The number of hydrogen-bond acceptors (Lipinski definition) is 5. The lowest BCUT2D eigenvalue weighted by atomic mass is 10.1. The van der Waals surface area contributed by atoms with Gasteiger partial charge in [0.1, 0.15) is 0 Å². The van der Waals surface area contributed by atoms with Gasteiger partial charge in [0.05, 0.1) is 0 Å². The Morgan fingerprint density at radius 3 is 3.11 bits per heavy atom. The number of nitrogens with one attached hydrogen (secondary N) is 1. The maximum absolute atomic E-state index is 4.95. The van der Waals surface area contributed by atoms with Crippen LogP contribution in [-0.2, 0) is 13.0 Å². The number of hydrogen-bond donors (Lipinski definition) is 1. The molecule has 3 aromatic rings. The van der Waals surface area contributed by atoms with Gasteiger partial charge in [0.25, 0.3) is 0 Å². The van der Waals surface area contributed by atoms with Gasteiger partial charge in [-0.3, -0.25) is 4.98 Å². The van der Waals surface area contributed by atoms with E-state index in [2.05, 4.69) is 38.6 Å². The third-order valence-corrected chi connectivity index (χ3v) is 3.01. The molecule has 0 amide bonds. The first kappa shape index (κ1) is 11.8. The van der Waals surface area contributed by atoms with Crippen LogP contribution in [0.2, 0.25) is 0 Å². The highest BCUT2D eigenvalue weighted by molar-refractivity contribution is 5.84. The first-order valence-corrected chi connectivity index (χ1v) is 6.21. The normalized spacial score (nSPS) is 10.9. The SMILES string of the molecule is c1cc(CNCCc2ncno2)c2ccncc2c1. The largest absolute Gasteiger partial charge is 0.340 e. The van der Waals surface area contributed by atoms with Gasteiger partial charge >= 0.3 is 0 Å². The predicted octanol–water partition coefficient (Wildman–Crippen LogP) is 1.95. The lowest BCUT2D eigenvalue weighted by Gasteiger charge is -2.07. The molecule has 3 rings (SSSR count). The summed E-state index contributed by atoms with van der Waals surface area (Å²) in [5.74, 6) is 0.662. The van der Waals surface area contributed by atoms with Crippen LogP contribution in [0.25, 0.3) is 10.8 Å². The van der Waals surface area contributed by atoms with Gasteiger partial charge in [-0.25, -0.2) is 0 Å². The van der Waals surface area contributed by atoms with Gasteiger partial charge in [-0.15, -0.1) is 0 Å². The van der Waals surface area contributed by atoms with Crippen molar-refractivity contribution in [3.63, 3.8) is 0 Å². The molecule has 2 aromatic heterocycles. The van der Waals surface area contributed by atoms with Crippen LogP contribution in [0.4, 0.5) is 0 Å². The molecule has 0 aliphatic heterocycles. The highest BCUT2D eigenvalue weighted by Crippen LogP contribution is 2.16. The zero-order valence-corrected chi connectivity index (χ0v) is 10.4. The fourth-order valence-corrected chi connectivity index (χ4v) is 2.07. The van der Waals surface area contributed by atoms with E-state index in [1.54, 1.807) is 0 Å². The standard InChI is InChI=1S/C14H14N4O/c1-2-11-8-15-6-4-13(11)12(3-1)9-16-7-5-14-17-10-18-19-14/h1-4,6,8,10,16H,5,7,9H2. The molecule has 5 heteroatoms. The molecule has 0 unspecified atom stereocenters. The van der Waals surface area contributed by atoms with Gasteiger partial charge in [0, 0.05) is 37.3 Å². The van der Waals surface area contributed by atoms with E-state index < -0.39 is 0 Å². The van der Waals surface area contributed by atoms with Gasteiger partial charge in [0.15, 0.2) is 6.33 Å². The molecule has 0 saturated carbocycles. The van der Waals surface area contributed by atoms with Crippen LogP contribution in [0.3, 0.4) is 0 Å². The van der Waals surface area contributed by atoms with Crippen molar-refractivity contribution in [1.82, 2.24) is 20.4 Å². The Morgan fingerprint density at radius 1 is 1.21 bits per heavy atom. The first-order valence-electron chi connectivity index (χ1n) is 6.21. The van der Waals surface area contributed by atoms with Gasteiger partial charge in [-0.1, -0.05) is 23.4 Å².